The average molecular weight is 253 g/mol. The molecule has 0 spiro atoms. The molecule has 0 radical (unpaired) electrons. The van der Waals surface area contributed by atoms with E-state index in [0.29, 0.717) is 23.9 Å². The fourth-order valence-electron chi connectivity index (χ4n) is 3.22. The van der Waals surface area contributed by atoms with Gasteiger partial charge in [-0.05, 0) is 55.0 Å². The van der Waals surface area contributed by atoms with Gasteiger partial charge in [0.05, 0.1) is 0 Å². The third-order valence-corrected chi connectivity index (χ3v) is 4.16. The summed E-state index contributed by atoms with van der Waals surface area (Å²) in [7, 11) is 0. The van der Waals surface area contributed by atoms with E-state index in [0.717, 1.165) is 18.9 Å². The predicted molar refractivity (Wildman–Crippen MR) is 69.3 cm³/mol. The minimum absolute atomic E-state index is 0.0524. The van der Waals surface area contributed by atoms with Crippen LogP contribution in [0.4, 0.5) is 8.78 Å². The van der Waals surface area contributed by atoms with Crippen LogP contribution in [0.2, 0.25) is 0 Å². The largest absolute Gasteiger partial charge is 0.330 e. The van der Waals surface area contributed by atoms with E-state index in [1.54, 1.807) is 0 Å². The first-order valence-electron chi connectivity index (χ1n) is 6.76. The van der Waals surface area contributed by atoms with E-state index in [9.17, 15) is 8.78 Å². The number of hydrogen-bond acceptors (Lipinski definition) is 1. The minimum atomic E-state index is -0.381. The van der Waals surface area contributed by atoms with Crippen LogP contribution in [0.15, 0.2) is 18.2 Å². The summed E-state index contributed by atoms with van der Waals surface area (Å²) in [6.07, 6.45) is 4.54. The summed E-state index contributed by atoms with van der Waals surface area (Å²) in [5.74, 6) is 0.284. The van der Waals surface area contributed by atoms with Crippen molar-refractivity contribution >= 4 is 0 Å². The van der Waals surface area contributed by atoms with Gasteiger partial charge in [-0.3, -0.25) is 0 Å². The molecular formula is C15H21F2N. The molecule has 1 aliphatic rings. The van der Waals surface area contributed by atoms with Gasteiger partial charge in [-0.1, -0.05) is 19.8 Å². The van der Waals surface area contributed by atoms with Gasteiger partial charge in [-0.15, -0.1) is 0 Å². The Bertz CT molecular complexity index is 405. The second-order valence-corrected chi connectivity index (χ2v) is 5.54. The van der Waals surface area contributed by atoms with Gasteiger partial charge in [-0.25, -0.2) is 8.78 Å². The molecule has 1 aliphatic carbocycles. The summed E-state index contributed by atoms with van der Waals surface area (Å²) < 4.78 is 27.1. The SMILES string of the molecule is CC1CCCC(C(CN)c2cc(F)ccc2F)C1. The van der Waals surface area contributed by atoms with Crippen molar-refractivity contribution in [2.75, 3.05) is 6.54 Å². The Labute approximate surface area is 107 Å². The molecular weight excluding hydrogens is 232 g/mol. The Morgan fingerprint density at radius 1 is 1.33 bits per heavy atom. The van der Waals surface area contributed by atoms with E-state index in [2.05, 4.69) is 6.92 Å². The molecule has 0 saturated heterocycles. The number of rotatable bonds is 3. The fourth-order valence-corrected chi connectivity index (χ4v) is 3.22. The lowest BCUT2D eigenvalue weighted by atomic mass is 9.73. The molecule has 0 bridgehead atoms. The molecule has 0 aromatic heterocycles. The second kappa shape index (κ2) is 5.79. The zero-order valence-corrected chi connectivity index (χ0v) is 10.8. The first-order valence-corrected chi connectivity index (χ1v) is 6.76. The summed E-state index contributed by atoms with van der Waals surface area (Å²) in [4.78, 5) is 0. The molecule has 1 nitrogen and oxygen atoms in total. The molecule has 0 amide bonds. The summed E-state index contributed by atoms with van der Waals surface area (Å²) in [6.45, 7) is 2.61. The molecule has 1 saturated carbocycles. The van der Waals surface area contributed by atoms with Crippen LogP contribution in [0.5, 0.6) is 0 Å². The van der Waals surface area contributed by atoms with E-state index < -0.39 is 0 Å². The Morgan fingerprint density at radius 2 is 2.11 bits per heavy atom. The third-order valence-electron chi connectivity index (χ3n) is 4.16. The number of halogens is 2. The summed E-state index contributed by atoms with van der Waals surface area (Å²) in [6, 6.07) is 3.68. The van der Waals surface area contributed by atoms with Crippen LogP contribution < -0.4 is 5.73 Å². The molecule has 1 aromatic carbocycles. The van der Waals surface area contributed by atoms with E-state index in [4.69, 9.17) is 5.73 Å². The average Bonchev–Trinajstić information content (AvgIpc) is 2.35. The van der Waals surface area contributed by atoms with E-state index >= 15 is 0 Å². The van der Waals surface area contributed by atoms with Crippen LogP contribution in [0.25, 0.3) is 0 Å². The highest BCUT2D eigenvalue weighted by Crippen LogP contribution is 2.38. The van der Waals surface area contributed by atoms with Crippen LogP contribution in [-0.2, 0) is 0 Å². The lowest BCUT2D eigenvalue weighted by Gasteiger charge is -2.33. The maximum atomic E-state index is 13.8. The molecule has 3 unspecified atom stereocenters. The van der Waals surface area contributed by atoms with Gasteiger partial charge in [0.2, 0.25) is 0 Å². The molecule has 2 N–H and O–H groups in total. The molecule has 18 heavy (non-hydrogen) atoms. The molecule has 3 heteroatoms. The monoisotopic (exact) mass is 253 g/mol. The maximum Gasteiger partial charge on any atom is 0.126 e. The van der Waals surface area contributed by atoms with Crippen LogP contribution in [0, 0.1) is 23.5 Å². The predicted octanol–water partition coefficient (Wildman–Crippen LogP) is 3.83. The lowest BCUT2D eigenvalue weighted by Crippen LogP contribution is -2.26. The van der Waals surface area contributed by atoms with Gasteiger partial charge in [-0.2, -0.15) is 0 Å². The Balaban J connectivity index is 2.24. The van der Waals surface area contributed by atoms with Crippen LogP contribution in [-0.4, -0.2) is 6.54 Å². The minimum Gasteiger partial charge on any atom is -0.330 e. The van der Waals surface area contributed by atoms with Crippen molar-refractivity contribution in [3.8, 4) is 0 Å². The molecule has 0 heterocycles. The van der Waals surface area contributed by atoms with Gasteiger partial charge in [0, 0.05) is 5.92 Å². The molecule has 2 rings (SSSR count). The van der Waals surface area contributed by atoms with Gasteiger partial charge in [0.1, 0.15) is 11.6 Å². The van der Waals surface area contributed by atoms with Gasteiger partial charge in [0.15, 0.2) is 0 Å². The second-order valence-electron chi connectivity index (χ2n) is 5.54. The molecule has 1 aromatic rings. The first-order chi connectivity index (χ1) is 8.61. The van der Waals surface area contributed by atoms with E-state index in [-0.39, 0.29) is 17.6 Å². The molecule has 100 valence electrons. The molecule has 1 fully saturated rings. The Morgan fingerprint density at radius 3 is 2.78 bits per heavy atom. The normalized spacial score (nSPS) is 26.0. The van der Waals surface area contributed by atoms with Crippen molar-refractivity contribution in [2.24, 2.45) is 17.6 Å². The van der Waals surface area contributed by atoms with Gasteiger partial charge >= 0.3 is 0 Å². The van der Waals surface area contributed by atoms with Crippen LogP contribution in [0.1, 0.15) is 44.1 Å². The van der Waals surface area contributed by atoms with E-state index in [1.165, 1.54) is 25.0 Å². The van der Waals surface area contributed by atoms with Crippen molar-refractivity contribution in [2.45, 2.75) is 38.5 Å². The quantitative estimate of drug-likeness (QED) is 0.870. The highest BCUT2D eigenvalue weighted by atomic mass is 19.1. The highest BCUT2D eigenvalue weighted by molar-refractivity contribution is 5.24. The Hall–Kier alpha value is -0.960. The molecule has 3 atom stereocenters. The summed E-state index contributed by atoms with van der Waals surface area (Å²) in [5.41, 5.74) is 6.27. The Kier molecular flexibility index (Phi) is 4.33. The smallest absolute Gasteiger partial charge is 0.126 e. The van der Waals surface area contributed by atoms with E-state index in [1.807, 2.05) is 0 Å². The summed E-state index contributed by atoms with van der Waals surface area (Å²) >= 11 is 0. The third kappa shape index (κ3) is 2.89. The number of nitrogens with two attached hydrogens (primary N) is 1. The van der Waals surface area contributed by atoms with Crippen LogP contribution in [0.3, 0.4) is 0 Å². The standard InChI is InChI=1S/C15H21F2N/c1-10-3-2-4-11(7-10)14(9-18)13-8-12(16)5-6-15(13)17/h5-6,8,10-11,14H,2-4,7,9,18H2,1H3. The topological polar surface area (TPSA) is 26.0 Å². The number of benzene rings is 1. The fraction of sp³-hybridized carbons (Fsp3) is 0.600. The number of hydrogen-bond donors (Lipinski definition) is 1. The highest BCUT2D eigenvalue weighted by Gasteiger charge is 2.28. The van der Waals surface area contributed by atoms with Gasteiger partial charge in [0.25, 0.3) is 0 Å². The van der Waals surface area contributed by atoms with Crippen molar-refractivity contribution in [3.63, 3.8) is 0 Å². The zero-order valence-electron chi connectivity index (χ0n) is 10.8. The summed E-state index contributed by atoms with van der Waals surface area (Å²) in [5, 5.41) is 0. The first kappa shape index (κ1) is 13.5. The maximum absolute atomic E-state index is 13.8. The zero-order chi connectivity index (χ0) is 13.1. The van der Waals surface area contributed by atoms with Crippen molar-refractivity contribution in [1.29, 1.82) is 0 Å². The van der Waals surface area contributed by atoms with Crippen molar-refractivity contribution < 1.29 is 8.78 Å². The molecule has 0 aliphatic heterocycles. The van der Waals surface area contributed by atoms with Gasteiger partial charge < -0.3 is 5.73 Å². The lowest BCUT2D eigenvalue weighted by molar-refractivity contribution is 0.245. The van der Waals surface area contributed by atoms with Crippen LogP contribution >= 0.6 is 0 Å². The van der Waals surface area contributed by atoms with Crippen molar-refractivity contribution in [3.05, 3.63) is 35.4 Å². The van der Waals surface area contributed by atoms with Crippen molar-refractivity contribution in [1.82, 2.24) is 0 Å².